The third kappa shape index (κ3) is 2.07. The SMILES string of the molecule is CSc1nsc(-c2ccccc2)[s+]1. The Bertz CT molecular complexity index is 383. The minimum Gasteiger partial charge on any atom is -0.0714 e. The van der Waals surface area contributed by atoms with Crippen LogP contribution in [0.1, 0.15) is 0 Å². The zero-order chi connectivity index (χ0) is 9.10. The fourth-order valence-corrected chi connectivity index (χ4v) is 3.68. The van der Waals surface area contributed by atoms with E-state index in [-0.39, 0.29) is 0 Å². The van der Waals surface area contributed by atoms with Gasteiger partial charge in [-0.2, -0.15) is 0 Å². The van der Waals surface area contributed by atoms with Crippen molar-refractivity contribution in [3.63, 3.8) is 0 Å². The number of hydrogen-bond donors (Lipinski definition) is 0. The van der Waals surface area contributed by atoms with Gasteiger partial charge in [0.2, 0.25) is 11.5 Å². The average Bonchev–Trinajstić information content (AvgIpc) is 2.67. The molecule has 0 atom stereocenters. The van der Waals surface area contributed by atoms with Gasteiger partial charge in [0.25, 0.3) is 4.34 Å². The highest BCUT2D eigenvalue weighted by molar-refractivity contribution is 8.00. The smallest absolute Gasteiger partial charge is 0.0714 e. The molecule has 13 heavy (non-hydrogen) atoms. The van der Waals surface area contributed by atoms with Crippen molar-refractivity contribution in [3.05, 3.63) is 30.3 Å². The first-order valence-corrected chi connectivity index (χ1v) is 6.61. The Morgan fingerprint density at radius 1 is 1.31 bits per heavy atom. The van der Waals surface area contributed by atoms with Crippen molar-refractivity contribution < 1.29 is 0 Å². The van der Waals surface area contributed by atoms with Gasteiger partial charge in [0.05, 0.1) is 5.56 Å². The Hall–Kier alpha value is -0.450. The van der Waals surface area contributed by atoms with E-state index in [1.54, 1.807) is 34.6 Å². The number of aromatic nitrogens is 1. The van der Waals surface area contributed by atoms with Crippen LogP contribution in [-0.2, 0) is 0 Å². The van der Waals surface area contributed by atoms with Gasteiger partial charge in [0.15, 0.2) is 0 Å². The van der Waals surface area contributed by atoms with E-state index in [4.69, 9.17) is 0 Å². The van der Waals surface area contributed by atoms with Gasteiger partial charge in [-0.05, 0) is 22.8 Å². The first kappa shape index (κ1) is 9.12. The lowest BCUT2D eigenvalue weighted by atomic mass is 10.2. The van der Waals surface area contributed by atoms with Crippen LogP contribution in [0.5, 0.6) is 0 Å². The number of thioether (sulfide) groups is 1. The lowest BCUT2D eigenvalue weighted by Gasteiger charge is -1.84. The van der Waals surface area contributed by atoms with E-state index in [1.807, 2.05) is 6.07 Å². The Balaban J connectivity index is 2.36. The molecule has 0 N–H and O–H groups in total. The normalized spacial score (nSPS) is 10.2. The zero-order valence-corrected chi connectivity index (χ0v) is 9.51. The highest BCUT2D eigenvalue weighted by atomic mass is 32.2. The van der Waals surface area contributed by atoms with Crippen molar-refractivity contribution in [1.82, 2.24) is 4.37 Å². The molecule has 0 aliphatic carbocycles. The second kappa shape index (κ2) is 4.17. The molecule has 0 fully saturated rings. The summed E-state index contributed by atoms with van der Waals surface area (Å²) in [6.45, 7) is 0. The molecule has 4 heteroatoms. The van der Waals surface area contributed by atoms with Crippen LogP contribution in [0.3, 0.4) is 0 Å². The summed E-state index contributed by atoms with van der Waals surface area (Å²) < 4.78 is 6.76. The second-order valence-corrected chi connectivity index (χ2v) is 5.49. The number of nitrogens with zero attached hydrogens (tertiary/aromatic N) is 1. The number of rotatable bonds is 2. The van der Waals surface area contributed by atoms with Gasteiger partial charge in [0, 0.05) is 0 Å². The van der Waals surface area contributed by atoms with Gasteiger partial charge in [0.1, 0.15) is 11.3 Å². The molecule has 0 spiro atoms. The van der Waals surface area contributed by atoms with Gasteiger partial charge in [-0.15, -0.1) is 0 Å². The van der Waals surface area contributed by atoms with Crippen molar-refractivity contribution in [2.24, 2.45) is 0 Å². The second-order valence-electron chi connectivity index (χ2n) is 2.41. The van der Waals surface area contributed by atoms with Crippen LogP contribution in [0, 0.1) is 0 Å². The monoisotopic (exact) mass is 226 g/mol. The summed E-state index contributed by atoms with van der Waals surface area (Å²) in [6, 6.07) is 10.4. The molecular formula is C9H8NS3+. The predicted molar refractivity (Wildman–Crippen MR) is 61.6 cm³/mol. The molecule has 0 aliphatic rings. The van der Waals surface area contributed by atoms with Crippen LogP contribution in [0.25, 0.3) is 9.75 Å². The van der Waals surface area contributed by atoms with Crippen molar-refractivity contribution in [2.45, 2.75) is 4.34 Å². The van der Waals surface area contributed by atoms with Crippen LogP contribution < -0.4 is 0 Å². The lowest BCUT2D eigenvalue weighted by Crippen LogP contribution is -1.65. The molecule has 0 unspecified atom stereocenters. The Labute approximate surface area is 89.6 Å². The van der Waals surface area contributed by atoms with Crippen LogP contribution in [-0.4, -0.2) is 10.6 Å². The molecule has 1 aromatic heterocycles. The third-order valence-electron chi connectivity index (χ3n) is 1.57. The average molecular weight is 226 g/mol. The molecule has 1 aromatic carbocycles. The summed E-state index contributed by atoms with van der Waals surface area (Å²) >= 11 is 5.03. The standard InChI is InChI=1S/C9H8NS3/c1-11-9-10-13-8(12-9)7-5-3-2-4-6-7/h2-6H,1H3/q+1. The number of hydrogen-bond acceptors (Lipinski definition) is 3. The molecular weight excluding hydrogens is 218 g/mol. The van der Waals surface area contributed by atoms with Gasteiger partial charge in [-0.1, -0.05) is 30.0 Å². The summed E-state index contributed by atoms with van der Waals surface area (Å²) in [5.41, 5.74) is 1.27. The van der Waals surface area contributed by atoms with Crippen LogP contribution >= 0.6 is 34.6 Å². The lowest BCUT2D eigenvalue weighted by molar-refractivity contribution is 1.39. The van der Waals surface area contributed by atoms with E-state index < -0.39 is 0 Å². The van der Waals surface area contributed by atoms with E-state index in [0.717, 1.165) is 4.34 Å². The predicted octanol–water partition coefficient (Wildman–Crippen LogP) is 3.87. The topological polar surface area (TPSA) is 12.9 Å². The van der Waals surface area contributed by atoms with Gasteiger partial charge >= 0.3 is 4.19 Å². The van der Waals surface area contributed by atoms with Crippen molar-refractivity contribution in [1.29, 1.82) is 0 Å². The van der Waals surface area contributed by atoms with E-state index in [2.05, 4.69) is 34.9 Å². The minimum absolute atomic E-state index is 1.14. The molecule has 1 nitrogen and oxygen atoms in total. The summed E-state index contributed by atoms with van der Waals surface area (Å²) in [4.78, 5) is 0. The van der Waals surface area contributed by atoms with Gasteiger partial charge < -0.3 is 0 Å². The van der Waals surface area contributed by atoms with Gasteiger partial charge in [-0.25, -0.2) is 0 Å². The third-order valence-corrected chi connectivity index (χ3v) is 4.82. The Kier molecular flexibility index (Phi) is 2.93. The maximum atomic E-state index is 4.33. The van der Waals surface area contributed by atoms with Crippen LogP contribution in [0.4, 0.5) is 0 Å². The van der Waals surface area contributed by atoms with E-state index in [0.29, 0.717) is 0 Å². The highest BCUT2D eigenvalue weighted by Crippen LogP contribution is 2.33. The maximum absolute atomic E-state index is 4.33. The zero-order valence-electron chi connectivity index (χ0n) is 7.06. The van der Waals surface area contributed by atoms with Crippen molar-refractivity contribution in [3.8, 4) is 9.75 Å². The molecule has 0 saturated heterocycles. The molecule has 0 radical (unpaired) electrons. The molecule has 0 amide bonds. The molecule has 0 bridgehead atoms. The Morgan fingerprint density at radius 3 is 2.69 bits per heavy atom. The first-order valence-electron chi connectivity index (χ1n) is 3.79. The molecule has 2 aromatic rings. The van der Waals surface area contributed by atoms with Crippen LogP contribution in [0.2, 0.25) is 0 Å². The number of benzene rings is 1. The van der Waals surface area contributed by atoms with Gasteiger partial charge in [-0.3, -0.25) is 0 Å². The van der Waals surface area contributed by atoms with Crippen molar-refractivity contribution in [2.75, 3.05) is 6.26 Å². The molecule has 66 valence electrons. The highest BCUT2D eigenvalue weighted by Gasteiger charge is 2.16. The molecule has 0 saturated carbocycles. The fourth-order valence-electron chi connectivity index (χ4n) is 0.960. The largest absolute Gasteiger partial charge is 0.311 e. The summed E-state index contributed by atoms with van der Waals surface area (Å²) in [6.07, 6.45) is 2.06. The molecule has 2 rings (SSSR count). The van der Waals surface area contributed by atoms with E-state index in [9.17, 15) is 0 Å². The molecule has 1 heterocycles. The maximum Gasteiger partial charge on any atom is 0.311 e. The molecule has 0 aliphatic heterocycles. The quantitative estimate of drug-likeness (QED) is 0.569. The summed E-state index contributed by atoms with van der Waals surface area (Å²) in [7, 11) is 0. The Morgan fingerprint density at radius 2 is 2.08 bits per heavy atom. The van der Waals surface area contributed by atoms with E-state index >= 15 is 0 Å². The van der Waals surface area contributed by atoms with Crippen LogP contribution in [0.15, 0.2) is 34.7 Å². The van der Waals surface area contributed by atoms with E-state index in [1.165, 1.54) is 9.75 Å². The fraction of sp³-hybridized carbons (Fsp3) is 0.111. The van der Waals surface area contributed by atoms with Crippen molar-refractivity contribution >= 4 is 34.6 Å². The summed E-state index contributed by atoms with van der Waals surface area (Å²) in [5, 5.41) is 0. The first-order chi connectivity index (χ1) is 6.40. The minimum atomic E-state index is 1.14. The summed E-state index contributed by atoms with van der Waals surface area (Å²) in [5.74, 6) is 0.